The molecule has 1 aromatic carbocycles. The molecular formula is C19H19F4N3O3. The van der Waals surface area contributed by atoms with Crippen molar-refractivity contribution in [3.05, 3.63) is 47.0 Å². The van der Waals surface area contributed by atoms with Crippen molar-refractivity contribution in [1.29, 1.82) is 0 Å². The molecule has 0 unspecified atom stereocenters. The summed E-state index contributed by atoms with van der Waals surface area (Å²) in [5.41, 5.74) is 1.62. The number of carbonyl (C=O) groups is 2. The van der Waals surface area contributed by atoms with Crippen LogP contribution in [0.15, 0.2) is 24.3 Å². The van der Waals surface area contributed by atoms with Crippen LogP contribution >= 0.6 is 0 Å². The van der Waals surface area contributed by atoms with E-state index in [1.165, 1.54) is 35.9 Å². The summed E-state index contributed by atoms with van der Waals surface area (Å²) in [5.74, 6) is -2.37. The summed E-state index contributed by atoms with van der Waals surface area (Å²) in [6, 6.07) is 5.41. The van der Waals surface area contributed by atoms with E-state index in [0.717, 1.165) is 0 Å². The lowest BCUT2D eigenvalue weighted by Crippen LogP contribution is -2.43. The molecular weight excluding hydrogens is 394 g/mol. The van der Waals surface area contributed by atoms with E-state index in [4.69, 9.17) is 0 Å². The number of ether oxygens (including phenoxy) is 1. The van der Waals surface area contributed by atoms with E-state index in [9.17, 15) is 27.2 Å². The van der Waals surface area contributed by atoms with Gasteiger partial charge in [-0.05, 0) is 50.5 Å². The molecule has 0 N–H and O–H groups in total. The van der Waals surface area contributed by atoms with Gasteiger partial charge in [0.05, 0.1) is 12.3 Å². The van der Waals surface area contributed by atoms with Gasteiger partial charge < -0.3 is 9.64 Å². The van der Waals surface area contributed by atoms with Gasteiger partial charge >= 0.3 is 12.1 Å². The Balaban J connectivity index is 1.96. The molecule has 0 bridgehead atoms. The fourth-order valence-corrected chi connectivity index (χ4v) is 3.33. The van der Waals surface area contributed by atoms with E-state index >= 15 is 0 Å². The molecule has 156 valence electrons. The van der Waals surface area contributed by atoms with Crippen LogP contribution in [0.5, 0.6) is 0 Å². The molecule has 0 aliphatic heterocycles. The number of benzene rings is 1. The smallest absolute Gasteiger partial charge is 0.406 e. The van der Waals surface area contributed by atoms with Gasteiger partial charge in [-0.25, -0.2) is 9.07 Å². The molecule has 2 aromatic rings. The number of esters is 1. The molecule has 1 aliphatic carbocycles. The fraction of sp³-hybridized carbons (Fsp3) is 0.421. The Kier molecular flexibility index (Phi) is 5.90. The van der Waals surface area contributed by atoms with Crippen LogP contribution in [-0.2, 0) is 22.4 Å². The van der Waals surface area contributed by atoms with Crippen molar-refractivity contribution in [1.82, 2.24) is 14.7 Å². The molecule has 0 fully saturated rings. The number of aromatic nitrogens is 2. The third-order valence-corrected chi connectivity index (χ3v) is 4.49. The van der Waals surface area contributed by atoms with Crippen molar-refractivity contribution in [2.24, 2.45) is 0 Å². The molecule has 0 saturated heterocycles. The van der Waals surface area contributed by atoms with E-state index < -0.39 is 37.0 Å². The summed E-state index contributed by atoms with van der Waals surface area (Å²) in [7, 11) is 0. The van der Waals surface area contributed by atoms with Crippen LogP contribution in [0.4, 0.5) is 17.6 Å². The average Bonchev–Trinajstić information content (AvgIpc) is 3.23. The summed E-state index contributed by atoms with van der Waals surface area (Å²) in [4.78, 5) is 25.0. The summed E-state index contributed by atoms with van der Waals surface area (Å²) >= 11 is 0. The molecule has 0 saturated carbocycles. The summed E-state index contributed by atoms with van der Waals surface area (Å²) in [6.45, 7) is -0.917. The molecule has 3 rings (SSSR count). The molecule has 1 aromatic heterocycles. The Hall–Kier alpha value is -2.91. The minimum atomic E-state index is -4.69. The number of alkyl halides is 3. The maximum atomic E-state index is 13.2. The van der Waals surface area contributed by atoms with Crippen molar-refractivity contribution >= 4 is 11.9 Å². The molecule has 6 nitrogen and oxygen atoms in total. The summed E-state index contributed by atoms with van der Waals surface area (Å²) in [6.07, 6.45) is -2.91. The first-order chi connectivity index (χ1) is 13.7. The molecule has 0 atom stereocenters. The Bertz CT molecular complexity index is 907. The predicted molar refractivity (Wildman–Crippen MR) is 94.1 cm³/mol. The summed E-state index contributed by atoms with van der Waals surface area (Å²) < 4.78 is 58.3. The van der Waals surface area contributed by atoms with Crippen molar-refractivity contribution < 1.29 is 31.9 Å². The fourth-order valence-electron chi connectivity index (χ4n) is 3.33. The number of amides is 1. The SMILES string of the molecule is CCOC(=O)CN(CC(F)(F)F)C(=O)c1nn(-c2ccc(F)cc2)c2c1CCC2. The lowest BCUT2D eigenvalue weighted by atomic mass is 10.2. The normalized spacial score (nSPS) is 13.3. The minimum Gasteiger partial charge on any atom is -0.465 e. The van der Waals surface area contributed by atoms with Crippen molar-refractivity contribution in [3.8, 4) is 5.69 Å². The van der Waals surface area contributed by atoms with Gasteiger partial charge in [0.1, 0.15) is 18.9 Å². The highest BCUT2D eigenvalue weighted by atomic mass is 19.4. The predicted octanol–water partition coefficient (Wildman–Crippen LogP) is 3.07. The molecule has 1 amide bonds. The Morgan fingerprint density at radius 1 is 1.21 bits per heavy atom. The Labute approximate surface area is 164 Å². The molecule has 1 heterocycles. The van der Waals surface area contributed by atoms with Crippen molar-refractivity contribution in [3.63, 3.8) is 0 Å². The third-order valence-electron chi connectivity index (χ3n) is 4.49. The van der Waals surface area contributed by atoms with E-state index in [0.29, 0.717) is 41.1 Å². The van der Waals surface area contributed by atoms with Gasteiger partial charge in [-0.3, -0.25) is 9.59 Å². The lowest BCUT2D eigenvalue weighted by Gasteiger charge is -2.22. The van der Waals surface area contributed by atoms with E-state index in [-0.39, 0.29) is 12.3 Å². The lowest BCUT2D eigenvalue weighted by molar-refractivity contribution is -0.153. The zero-order chi connectivity index (χ0) is 21.2. The highest BCUT2D eigenvalue weighted by Gasteiger charge is 2.37. The number of rotatable bonds is 6. The third kappa shape index (κ3) is 4.75. The number of carbonyl (C=O) groups excluding carboxylic acids is 2. The molecule has 0 spiro atoms. The minimum absolute atomic E-state index is 0.0124. The molecule has 29 heavy (non-hydrogen) atoms. The van der Waals surface area contributed by atoms with E-state index in [2.05, 4.69) is 9.84 Å². The first-order valence-corrected chi connectivity index (χ1v) is 9.08. The highest BCUT2D eigenvalue weighted by Crippen LogP contribution is 2.29. The average molecular weight is 413 g/mol. The van der Waals surface area contributed by atoms with Crippen LogP contribution in [0.25, 0.3) is 5.69 Å². The van der Waals surface area contributed by atoms with Crippen LogP contribution in [-0.4, -0.2) is 52.4 Å². The van der Waals surface area contributed by atoms with Crippen molar-refractivity contribution in [2.75, 3.05) is 19.7 Å². The second kappa shape index (κ2) is 8.22. The van der Waals surface area contributed by atoms with Gasteiger partial charge in [0.2, 0.25) is 0 Å². The highest BCUT2D eigenvalue weighted by molar-refractivity contribution is 5.96. The number of halogens is 4. The first kappa shape index (κ1) is 20.8. The first-order valence-electron chi connectivity index (χ1n) is 9.08. The number of hydrogen-bond acceptors (Lipinski definition) is 4. The Morgan fingerprint density at radius 2 is 1.90 bits per heavy atom. The zero-order valence-electron chi connectivity index (χ0n) is 15.6. The van der Waals surface area contributed by atoms with Gasteiger partial charge in [-0.1, -0.05) is 0 Å². The van der Waals surface area contributed by atoms with Crippen LogP contribution < -0.4 is 0 Å². The van der Waals surface area contributed by atoms with E-state index in [1.807, 2.05) is 0 Å². The van der Waals surface area contributed by atoms with Crippen molar-refractivity contribution in [2.45, 2.75) is 32.4 Å². The second-order valence-electron chi connectivity index (χ2n) is 6.60. The number of hydrogen-bond donors (Lipinski definition) is 0. The maximum Gasteiger partial charge on any atom is 0.406 e. The second-order valence-corrected chi connectivity index (χ2v) is 6.60. The van der Waals surface area contributed by atoms with Gasteiger partial charge in [-0.15, -0.1) is 0 Å². The topological polar surface area (TPSA) is 64.4 Å². The summed E-state index contributed by atoms with van der Waals surface area (Å²) in [5, 5.41) is 4.22. The van der Waals surface area contributed by atoms with Gasteiger partial charge in [0.25, 0.3) is 5.91 Å². The standard InChI is InChI=1S/C19H19F4N3O3/c1-2-29-16(27)10-25(11-19(21,22)23)18(28)17-14-4-3-5-15(14)26(24-17)13-8-6-12(20)7-9-13/h6-9H,2-5,10-11H2,1H3. The zero-order valence-corrected chi connectivity index (χ0v) is 15.6. The molecule has 1 aliphatic rings. The van der Waals surface area contributed by atoms with Gasteiger partial charge in [-0.2, -0.15) is 18.3 Å². The van der Waals surface area contributed by atoms with E-state index in [1.54, 1.807) is 0 Å². The Morgan fingerprint density at radius 3 is 2.52 bits per heavy atom. The van der Waals surface area contributed by atoms with Crippen LogP contribution in [0, 0.1) is 5.82 Å². The van der Waals surface area contributed by atoms with Crippen LogP contribution in [0.3, 0.4) is 0 Å². The van der Waals surface area contributed by atoms with Gasteiger partial charge in [0, 0.05) is 11.3 Å². The van der Waals surface area contributed by atoms with Crippen LogP contribution in [0.1, 0.15) is 35.1 Å². The number of nitrogens with zero attached hydrogens (tertiary/aromatic N) is 3. The molecule has 0 radical (unpaired) electrons. The van der Waals surface area contributed by atoms with Crippen LogP contribution in [0.2, 0.25) is 0 Å². The monoisotopic (exact) mass is 413 g/mol. The maximum absolute atomic E-state index is 13.2. The molecule has 10 heteroatoms. The largest absolute Gasteiger partial charge is 0.465 e. The quantitative estimate of drug-likeness (QED) is 0.539. The number of fused-ring (bicyclic) bond motifs is 1. The van der Waals surface area contributed by atoms with Gasteiger partial charge in [0.15, 0.2) is 5.69 Å².